The van der Waals surface area contributed by atoms with E-state index >= 15 is 0 Å². The summed E-state index contributed by atoms with van der Waals surface area (Å²) < 4.78 is 39.1. The predicted molar refractivity (Wildman–Crippen MR) is 119 cm³/mol. The SMILES string of the molecule is COc1ccc(C2C(CNS(=O)(=O)c3ccc4oc(=O)ccc4c3)CCCN2C)cc1. The summed E-state index contributed by atoms with van der Waals surface area (Å²) in [5.74, 6) is 0.937. The lowest BCUT2D eigenvalue weighted by molar-refractivity contribution is 0.123. The summed E-state index contributed by atoms with van der Waals surface area (Å²) in [4.78, 5) is 13.8. The van der Waals surface area contributed by atoms with Gasteiger partial charge in [0.25, 0.3) is 0 Å². The Morgan fingerprint density at radius 3 is 2.65 bits per heavy atom. The van der Waals surface area contributed by atoms with Gasteiger partial charge in [-0.25, -0.2) is 17.9 Å². The second kappa shape index (κ2) is 8.82. The van der Waals surface area contributed by atoms with E-state index in [2.05, 4.69) is 16.7 Å². The van der Waals surface area contributed by atoms with Crippen molar-refractivity contribution >= 4 is 21.0 Å². The summed E-state index contributed by atoms with van der Waals surface area (Å²) in [6.07, 6.45) is 1.96. The van der Waals surface area contributed by atoms with Gasteiger partial charge in [-0.2, -0.15) is 0 Å². The van der Waals surface area contributed by atoms with Crippen LogP contribution in [-0.2, 0) is 10.0 Å². The van der Waals surface area contributed by atoms with Gasteiger partial charge in [0, 0.05) is 24.0 Å². The van der Waals surface area contributed by atoms with Crippen molar-refractivity contribution in [3.05, 3.63) is 70.6 Å². The van der Waals surface area contributed by atoms with Crippen LogP contribution >= 0.6 is 0 Å². The zero-order valence-corrected chi connectivity index (χ0v) is 18.4. The number of hydrogen-bond donors (Lipinski definition) is 1. The highest BCUT2D eigenvalue weighted by molar-refractivity contribution is 7.89. The quantitative estimate of drug-likeness (QED) is 0.590. The number of likely N-dealkylation sites (tertiary alicyclic amines) is 1. The van der Waals surface area contributed by atoms with E-state index in [1.165, 1.54) is 24.3 Å². The Morgan fingerprint density at radius 1 is 1.13 bits per heavy atom. The molecule has 2 unspecified atom stereocenters. The molecular weight excluding hydrogens is 416 g/mol. The Bertz CT molecular complexity index is 1220. The van der Waals surface area contributed by atoms with Crippen molar-refractivity contribution in [3.8, 4) is 5.75 Å². The maximum Gasteiger partial charge on any atom is 0.336 e. The van der Waals surface area contributed by atoms with Crippen LogP contribution in [0.25, 0.3) is 11.0 Å². The molecular formula is C23H26N2O5S. The van der Waals surface area contributed by atoms with Gasteiger partial charge >= 0.3 is 5.63 Å². The first-order valence-corrected chi connectivity index (χ1v) is 11.7. The third-order valence-corrected chi connectivity index (χ3v) is 7.32. The van der Waals surface area contributed by atoms with E-state index in [1.54, 1.807) is 13.2 Å². The summed E-state index contributed by atoms with van der Waals surface area (Å²) in [6, 6.07) is 15.4. The smallest absolute Gasteiger partial charge is 0.336 e. The van der Waals surface area contributed by atoms with Crippen LogP contribution in [0.3, 0.4) is 0 Å². The maximum absolute atomic E-state index is 13.0. The number of fused-ring (bicyclic) bond motifs is 1. The molecule has 7 nitrogen and oxygen atoms in total. The molecule has 0 amide bonds. The van der Waals surface area contributed by atoms with E-state index in [9.17, 15) is 13.2 Å². The Kier molecular flexibility index (Phi) is 6.13. The Hall–Kier alpha value is -2.68. The summed E-state index contributed by atoms with van der Waals surface area (Å²) in [7, 11) is 0.0114. The van der Waals surface area contributed by atoms with E-state index in [0.29, 0.717) is 17.5 Å². The molecule has 31 heavy (non-hydrogen) atoms. The number of rotatable bonds is 6. The highest BCUT2D eigenvalue weighted by Gasteiger charge is 2.31. The molecule has 1 fully saturated rings. The van der Waals surface area contributed by atoms with Crippen molar-refractivity contribution in [1.82, 2.24) is 9.62 Å². The van der Waals surface area contributed by atoms with Crippen LogP contribution in [0, 0.1) is 5.92 Å². The number of piperidine rings is 1. The van der Waals surface area contributed by atoms with Gasteiger partial charge in [-0.3, -0.25) is 4.90 Å². The number of sulfonamides is 1. The van der Waals surface area contributed by atoms with Crippen molar-refractivity contribution in [2.75, 3.05) is 27.2 Å². The molecule has 0 radical (unpaired) electrons. The van der Waals surface area contributed by atoms with Crippen LogP contribution in [0.2, 0.25) is 0 Å². The molecule has 0 saturated carbocycles. The van der Waals surface area contributed by atoms with E-state index in [1.807, 2.05) is 24.3 Å². The number of hydrogen-bond acceptors (Lipinski definition) is 6. The Labute approximate surface area is 181 Å². The average molecular weight is 443 g/mol. The van der Waals surface area contributed by atoms with Crippen LogP contribution in [0.15, 0.2) is 68.7 Å². The fourth-order valence-corrected chi connectivity index (χ4v) is 5.45. The summed E-state index contributed by atoms with van der Waals surface area (Å²) in [5, 5.41) is 0.566. The highest BCUT2D eigenvalue weighted by Crippen LogP contribution is 2.35. The molecule has 1 N–H and O–H groups in total. The minimum atomic E-state index is -3.70. The lowest BCUT2D eigenvalue weighted by Gasteiger charge is -2.39. The van der Waals surface area contributed by atoms with Crippen LogP contribution in [-0.4, -0.2) is 40.6 Å². The van der Waals surface area contributed by atoms with Crippen LogP contribution in [0.1, 0.15) is 24.4 Å². The van der Waals surface area contributed by atoms with Gasteiger partial charge in [-0.1, -0.05) is 12.1 Å². The number of methoxy groups -OCH3 is 1. The molecule has 164 valence electrons. The van der Waals surface area contributed by atoms with E-state index < -0.39 is 15.6 Å². The van der Waals surface area contributed by atoms with Crippen molar-refractivity contribution in [1.29, 1.82) is 0 Å². The highest BCUT2D eigenvalue weighted by atomic mass is 32.2. The number of ether oxygens (including phenoxy) is 1. The molecule has 4 rings (SSSR count). The Morgan fingerprint density at radius 2 is 1.90 bits per heavy atom. The van der Waals surface area contributed by atoms with E-state index in [4.69, 9.17) is 9.15 Å². The maximum atomic E-state index is 13.0. The van der Waals surface area contributed by atoms with Crippen molar-refractivity contribution in [2.45, 2.75) is 23.8 Å². The third-order valence-electron chi connectivity index (χ3n) is 5.90. The summed E-state index contributed by atoms with van der Waals surface area (Å²) in [5.41, 5.74) is 1.04. The van der Waals surface area contributed by atoms with Crippen molar-refractivity contribution < 1.29 is 17.6 Å². The van der Waals surface area contributed by atoms with E-state index in [0.717, 1.165) is 30.7 Å². The number of nitrogens with one attached hydrogen (secondary N) is 1. The lowest BCUT2D eigenvalue weighted by Crippen LogP contribution is -2.41. The molecule has 3 aromatic rings. The topological polar surface area (TPSA) is 88.8 Å². The zero-order valence-electron chi connectivity index (χ0n) is 17.6. The first-order valence-electron chi connectivity index (χ1n) is 10.3. The normalized spacial score (nSPS) is 20.1. The second-order valence-corrected chi connectivity index (χ2v) is 9.67. The third kappa shape index (κ3) is 4.66. The first kappa shape index (κ1) is 21.5. The van der Waals surface area contributed by atoms with Gasteiger partial charge in [0.2, 0.25) is 10.0 Å². The molecule has 2 aromatic carbocycles. The molecule has 1 aliphatic rings. The van der Waals surface area contributed by atoms with Crippen LogP contribution in [0.5, 0.6) is 5.75 Å². The summed E-state index contributed by atoms with van der Waals surface area (Å²) >= 11 is 0. The standard InChI is InChI=1S/C23H26N2O5S/c1-25-13-3-4-18(23(25)16-5-8-19(29-2)9-6-16)15-24-31(27,28)20-10-11-21-17(14-20)7-12-22(26)30-21/h5-12,14,18,23-24H,3-4,13,15H2,1-2H3. The molecule has 0 spiro atoms. The zero-order chi connectivity index (χ0) is 22.0. The van der Waals surface area contributed by atoms with Gasteiger partial charge in [0.05, 0.1) is 12.0 Å². The molecule has 1 aromatic heterocycles. The average Bonchev–Trinajstić information content (AvgIpc) is 2.77. The second-order valence-electron chi connectivity index (χ2n) is 7.91. The molecule has 0 aliphatic carbocycles. The fraction of sp³-hybridized carbons (Fsp3) is 0.348. The van der Waals surface area contributed by atoms with Gasteiger partial charge < -0.3 is 9.15 Å². The first-order chi connectivity index (χ1) is 14.9. The van der Waals surface area contributed by atoms with E-state index in [-0.39, 0.29) is 16.9 Å². The molecule has 2 atom stereocenters. The fourth-order valence-electron chi connectivity index (χ4n) is 4.32. The van der Waals surface area contributed by atoms with Crippen molar-refractivity contribution in [3.63, 3.8) is 0 Å². The van der Waals surface area contributed by atoms with Gasteiger partial charge in [0.1, 0.15) is 11.3 Å². The Balaban J connectivity index is 1.54. The largest absolute Gasteiger partial charge is 0.497 e. The molecule has 1 aliphatic heterocycles. The van der Waals surface area contributed by atoms with Crippen molar-refractivity contribution in [2.24, 2.45) is 5.92 Å². The van der Waals surface area contributed by atoms with Crippen LogP contribution in [0.4, 0.5) is 0 Å². The van der Waals surface area contributed by atoms with Gasteiger partial charge in [0.15, 0.2) is 0 Å². The van der Waals surface area contributed by atoms with Crippen LogP contribution < -0.4 is 15.1 Å². The predicted octanol–water partition coefficient (Wildman–Crippen LogP) is 3.16. The number of nitrogens with zero attached hydrogens (tertiary/aromatic N) is 1. The number of benzene rings is 2. The van der Waals surface area contributed by atoms with Gasteiger partial charge in [-0.05, 0) is 74.3 Å². The summed E-state index contributed by atoms with van der Waals surface area (Å²) in [6.45, 7) is 1.31. The lowest BCUT2D eigenvalue weighted by atomic mass is 9.85. The minimum absolute atomic E-state index is 0.119. The molecule has 1 saturated heterocycles. The minimum Gasteiger partial charge on any atom is -0.497 e. The molecule has 2 heterocycles. The monoisotopic (exact) mass is 442 g/mol. The molecule has 0 bridgehead atoms. The van der Waals surface area contributed by atoms with Gasteiger partial charge in [-0.15, -0.1) is 0 Å². The molecule has 8 heteroatoms.